The van der Waals surface area contributed by atoms with E-state index in [2.05, 4.69) is 15.2 Å². The number of primary amides is 1. The molecule has 1 saturated heterocycles. The lowest BCUT2D eigenvalue weighted by Crippen LogP contribution is -2.36. The molecule has 1 aliphatic heterocycles. The molecule has 7 nitrogen and oxygen atoms in total. The van der Waals surface area contributed by atoms with Crippen LogP contribution in [0.5, 0.6) is 0 Å². The number of rotatable bonds is 6. The second-order valence-electron chi connectivity index (χ2n) is 6.75. The van der Waals surface area contributed by atoms with Crippen LogP contribution >= 0.6 is 11.3 Å². The van der Waals surface area contributed by atoms with Gasteiger partial charge in [0.1, 0.15) is 22.4 Å². The lowest BCUT2D eigenvalue weighted by atomic mass is 10.1. The zero-order valence-corrected chi connectivity index (χ0v) is 16.6. The third-order valence-electron chi connectivity index (χ3n) is 4.84. The smallest absolute Gasteiger partial charge is 0.238 e. The maximum Gasteiger partial charge on any atom is 0.238 e. The van der Waals surface area contributed by atoms with Gasteiger partial charge in [-0.15, -0.1) is 0 Å². The minimum atomic E-state index is -0.963. The molecule has 0 radical (unpaired) electrons. The lowest BCUT2D eigenvalue weighted by molar-refractivity contribution is -0.129. The first-order valence-corrected chi connectivity index (χ1v) is 9.86. The molecule has 1 unspecified atom stereocenters. The van der Waals surface area contributed by atoms with Gasteiger partial charge in [0.15, 0.2) is 5.13 Å². The first-order valence-electron chi connectivity index (χ1n) is 9.04. The van der Waals surface area contributed by atoms with Gasteiger partial charge in [-0.2, -0.15) is 0 Å². The van der Waals surface area contributed by atoms with Gasteiger partial charge in [0.25, 0.3) is 0 Å². The summed E-state index contributed by atoms with van der Waals surface area (Å²) in [6.45, 7) is 2.83. The van der Waals surface area contributed by atoms with Gasteiger partial charge >= 0.3 is 0 Å². The molecule has 3 rings (SSSR count). The predicted molar refractivity (Wildman–Crippen MR) is 107 cm³/mol. The van der Waals surface area contributed by atoms with Crippen molar-refractivity contribution in [3.8, 4) is 11.3 Å². The number of carbonyl (C=O) groups excluding carboxylic acids is 2. The monoisotopic (exact) mass is 406 g/mol. The maximum atomic E-state index is 13.4. The Morgan fingerprint density at radius 3 is 2.57 bits per heavy atom. The molecule has 2 heterocycles. The molecular formula is C19H23FN4O3S. The highest BCUT2D eigenvalue weighted by Crippen LogP contribution is 2.40. The van der Waals surface area contributed by atoms with Crippen LogP contribution in [0.15, 0.2) is 24.3 Å². The van der Waals surface area contributed by atoms with E-state index in [1.54, 1.807) is 12.1 Å². The zero-order chi connectivity index (χ0) is 20.3. The van der Waals surface area contributed by atoms with Gasteiger partial charge in [-0.05, 0) is 44.0 Å². The maximum absolute atomic E-state index is 13.4. The molecule has 150 valence electrons. The summed E-state index contributed by atoms with van der Waals surface area (Å²) < 4.78 is 18.8. The summed E-state index contributed by atoms with van der Waals surface area (Å²) in [5.74, 6) is -2.50. The number of ether oxygens (including phenoxy) is 1. The molecule has 0 saturated carbocycles. The normalized spacial score (nSPS) is 15.8. The van der Waals surface area contributed by atoms with Gasteiger partial charge in [0.2, 0.25) is 11.8 Å². The molecule has 0 aliphatic carbocycles. The Labute approximate surface area is 166 Å². The Morgan fingerprint density at radius 2 is 1.96 bits per heavy atom. The van der Waals surface area contributed by atoms with Crippen molar-refractivity contribution in [1.29, 1.82) is 0 Å². The third-order valence-corrected chi connectivity index (χ3v) is 5.90. The molecule has 1 atom stereocenters. The number of carbonyl (C=O) groups is 2. The van der Waals surface area contributed by atoms with E-state index in [1.807, 2.05) is 7.05 Å². The number of hydrogen-bond acceptors (Lipinski definition) is 6. The second-order valence-corrected chi connectivity index (χ2v) is 7.72. The molecule has 1 aromatic heterocycles. The highest BCUT2D eigenvalue weighted by Gasteiger charge is 2.26. The van der Waals surface area contributed by atoms with Crippen molar-refractivity contribution in [3.05, 3.63) is 30.1 Å². The highest BCUT2D eigenvalue weighted by atomic mass is 32.1. The molecule has 3 N–H and O–H groups in total. The van der Waals surface area contributed by atoms with Gasteiger partial charge in [-0.25, -0.2) is 9.37 Å². The zero-order valence-electron chi connectivity index (χ0n) is 15.8. The average Bonchev–Trinajstić information content (AvgIpc) is 3.11. The van der Waals surface area contributed by atoms with Crippen LogP contribution in [0.3, 0.4) is 0 Å². The largest absolute Gasteiger partial charge is 0.381 e. The van der Waals surface area contributed by atoms with Crippen molar-refractivity contribution in [3.63, 3.8) is 0 Å². The molecule has 2 aromatic rings. The van der Waals surface area contributed by atoms with Crippen LogP contribution < -0.4 is 16.0 Å². The SMILES string of the molecule is CC(C(N)=O)C(=O)Nc1nc(-c2ccc(F)cc2)c(N(C)C2CCOCC2)s1. The van der Waals surface area contributed by atoms with E-state index < -0.39 is 17.7 Å². The van der Waals surface area contributed by atoms with Crippen molar-refractivity contribution in [2.75, 3.05) is 30.5 Å². The third kappa shape index (κ3) is 4.48. The molecule has 2 amide bonds. The number of halogens is 1. The van der Waals surface area contributed by atoms with E-state index in [0.717, 1.165) is 23.4 Å². The number of hydrogen-bond donors (Lipinski definition) is 2. The average molecular weight is 406 g/mol. The Balaban J connectivity index is 1.93. The van der Waals surface area contributed by atoms with Crippen LogP contribution in [0.4, 0.5) is 14.5 Å². The topological polar surface area (TPSA) is 97.5 Å². The number of benzene rings is 1. The van der Waals surface area contributed by atoms with E-state index in [1.165, 1.54) is 30.4 Å². The summed E-state index contributed by atoms with van der Waals surface area (Å²) in [5.41, 5.74) is 6.60. The number of aromatic nitrogens is 1. The molecule has 1 fully saturated rings. The summed E-state index contributed by atoms with van der Waals surface area (Å²) in [6, 6.07) is 6.34. The summed E-state index contributed by atoms with van der Waals surface area (Å²) >= 11 is 1.31. The predicted octanol–water partition coefficient (Wildman–Crippen LogP) is 2.62. The number of nitrogens with one attached hydrogen (secondary N) is 1. The van der Waals surface area contributed by atoms with Gasteiger partial charge < -0.3 is 20.7 Å². The summed E-state index contributed by atoms with van der Waals surface area (Å²) in [4.78, 5) is 30.1. The molecule has 0 spiro atoms. The Bertz CT molecular complexity index is 849. The van der Waals surface area contributed by atoms with Crippen LogP contribution in [0.2, 0.25) is 0 Å². The summed E-state index contributed by atoms with van der Waals surface area (Å²) in [7, 11) is 1.98. The molecule has 28 heavy (non-hydrogen) atoms. The fourth-order valence-corrected chi connectivity index (χ4v) is 4.01. The molecule has 9 heteroatoms. The van der Waals surface area contributed by atoms with E-state index >= 15 is 0 Å². The van der Waals surface area contributed by atoms with Crippen LogP contribution in [0.1, 0.15) is 19.8 Å². The van der Waals surface area contributed by atoms with E-state index in [-0.39, 0.29) is 11.9 Å². The van der Waals surface area contributed by atoms with Crippen molar-refractivity contribution in [1.82, 2.24) is 4.98 Å². The number of nitrogens with zero attached hydrogens (tertiary/aromatic N) is 2. The molecule has 1 aromatic carbocycles. The number of thiazole rings is 1. The van der Waals surface area contributed by atoms with Crippen molar-refractivity contribution in [2.45, 2.75) is 25.8 Å². The minimum Gasteiger partial charge on any atom is -0.381 e. The number of nitrogens with two attached hydrogens (primary N) is 1. The van der Waals surface area contributed by atoms with E-state index in [4.69, 9.17) is 10.5 Å². The quantitative estimate of drug-likeness (QED) is 0.719. The van der Waals surface area contributed by atoms with Crippen LogP contribution in [0, 0.1) is 11.7 Å². The Kier molecular flexibility index (Phi) is 6.25. The first kappa shape index (κ1) is 20.2. The molecule has 1 aliphatic rings. The van der Waals surface area contributed by atoms with Crippen LogP contribution in [-0.4, -0.2) is 43.1 Å². The first-order chi connectivity index (χ1) is 13.4. The van der Waals surface area contributed by atoms with Gasteiger partial charge in [0, 0.05) is 31.9 Å². The number of anilines is 2. The molecule has 0 bridgehead atoms. The van der Waals surface area contributed by atoms with E-state index in [9.17, 15) is 14.0 Å². The van der Waals surface area contributed by atoms with E-state index in [0.29, 0.717) is 24.0 Å². The molecular weight excluding hydrogens is 383 g/mol. The number of amides is 2. The summed E-state index contributed by atoms with van der Waals surface area (Å²) in [5, 5.41) is 3.89. The highest BCUT2D eigenvalue weighted by molar-refractivity contribution is 7.20. The fourth-order valence-electron chi connectivity index (χ4n) is 2.98. The standard InChI is InChI=1S/C19H23FN4O3S/c1-11(16(21)25)17(26)23-19-22-15(12-3-5-13(20)6-4-12)18(28-19)24(2)14-7-9-27-10-8-14/h3-6,11,14H,7-10H2,1-2H3,(H2,21,25)(H,22,23,26). The summed E-state index contributed by atoms with van der Waals surface area (Å²) in [6.07, 6.45) is 1.77. The van der Waals surface area contributed by atoms with Gasteiger partial charge in [-0.1, -0.05) is 11.3 Å². The Morgan fingerprint density at radius 1 is 1.32 bits per heavy atom. The fraction of sp³-hybridized carbons (Fsp3) is 0.421. The van der Waals surface area contributed by atoms with Gasteiger partial charge in [0.05, 0.1) is 0 Å². The van der Waals surface area contributed by atoms with Crippen LogP contribution in [0.25, 0.3) is 11.3 Å². The lowest BCUT2D eigenvalue weighted by Gasteiger charge is -2.32. The van der Waals surface area contributed by atoms with Crippen molar-refractivity contribution in [2.24, 2.45) is 11.7 Å². The van der Waals surface area contributed by atoms with Crippen molar-refractivity contribution < 1.29 is 18.7 Å². The minimum absolute atomic E-state index is 0.279. The van der Waals surface area contributed by atoms with Crippen molar-refractivity contribution >= 4 is 33.3 Å². The second kappa shape index (κ2) is 8.66. The Hall–Kier alpha value is -2.52. The van der Waals surface area contributed by atoms with Gasteiger partial charge in [-0.3, -0.25) is 9.59 Å². The van der Waals surface area contributed by atoms with Crippen LogP contribution in [-0.2, 0) is 14.3 Å².